The Morgan fingerprint density at radius 3 is 1.88 bits per heavy atom. The fraction of sp³-hybridized carbons (Fsp3) is 0.714. The van der Waals surface area contributed by atoms with E-state index >= 15 is 0 Å². The van der Waals surface area contributed by atoms with Gasteiger partial charge in [-0.25, -0.2) is 4.79 Å². The summed E-state index contributed by atoms with van der Waals surface area (Å²) in [5.41, 5.74) is 5.66. The molecule has 10 nitrogen and oxygen atoms in total. The van der Waals surface area contributed by atoms with Crippen LogP contribution in [0.25, 0.3) is 0 Å². The minimum atomic E-state index is -1.28. The minimum absolute atomic E-state index is 0.121. The van der Waals surface area contributed by atoms with Gasteiger partial charge in [0.1, 0.15) is 18.1 Å². The van der Waals surface area contributed by atoms with Gasteiger partial charge in [-0.05, 0) is 12.8 Å². The third-order valence-electron chi connectivity index (χ3n) is 3.39. The van der Waals surface area contributed by atoms with Crippen LogP contribution in [0.3, 0.4) is 0 Å². The highest BCUT2D eigenvalue weighted by molar-refractivity contribution is 7.80. The number of carboxylic acid groups (broad SMARTS) is 1. The molecule has 0 spiro atoms. The molecule has 4 atom stereocenters. The van der Waals surface area contributed by atoms with Crippen molar-refractivity contribution < 1.29 is 29.4 Å². The highest BCUT2D eigenvalue weighted by Gasteiger charge is 2.28. The Kier molecular flexibility index (Phi) is 10.1. The fourth-order valence-electron chi connectivity index (χ4n) is 1.63. The lowest BCUT2D eigenvalue weighted by Crippen LogP contribution is -2.58. The quantitative estimate of drug-likeness (QED) is 0.205. The maximum Gasteiger partial charge on any atom is 0.327 e. The van der Waals surface area contributed by atoms with Crippen LogP contribution < -0.4 is 21.7 Å². The van der Waals surface area contributed by atoms with Crippen molar-refractivity contribution in [3.63, 3.8) is 0 Å². The molecule has 144 valence electrons. The van der Waals surface area contributed by atoms with Crippen LogP contribution in [0.2, 0.25) is 0 Å². The summed E-state index contributed by atoms with van der Waals surface area (Å²) >= 11 is 3.81. The summed E-state index contributed by atoms with van der Waals surface area (Å²) < 4.78 is 0. The Morgan fingerprint density at radius 1 is 0.960 bits per heavy atom. The molecule has 0 rings (SSSR count). The predicted molar refractivity (Wildman–Crippen MR) is 92.9 cm³/mol. The van der Waals surface area contributed by atoms with E-state index in [9.17, 15) is 24.3 Å². The van der Waals surface area contributed by atoms with Gasteiger partial charge in [-0.15, -0.1) is 0 Å². The lowest BCUT2D eigenvalue weighted by atomic mass is 10.0. The Bertz CT molecular complexity index is 502. The van der Waals surface area contributed by atoms with E-state index in [0.29, 0.717) is 0 Å². The van der Waals surface area contributed by atoms with Crippen molar-refractivity contribution in [3.05, 3.63) is 0 Å². The first-order valence-electron chi connectivity index (χ1n) is 7.66. The Labute approximate surface area is 151 Å². The number of amides is 3. The van der Waals surface area contributed by atoms with Crippen molar-refractivity contribution in [1.29, 1.82) is 0 Å². The van der Waals surface area contributed by atoms with Gasteiger partial charge >= 0.3 is 5.97 Å². The lowest BCUT2D eigenvalue weighted by molar-refractivity contribution is -0.141. The molecule has 0 aliphatic rings. The second-order valence-electron chi connectivity index (χ2n) is 5.83. The van der Waals surface area contributed by atoms with Crippen LogP contribution in [0.5, 0.6) is 0 Å². The van der Waals surface area contributed by atoms with Crippen LogP contribution in [-0.2, 0) is 19.2 Å². The molecule has 11 heteroatoms. The van der Waals surface area contributed by atoms with Crippen molar-refractivity contribution >= 4 is 36.3 Å². The van der Waals surface area contributed by atoms with Gasteiger partial charge in [0.15, 0.2) is 0 Å². The molecular formula is C14H26N4O6S. The van der Waals surface area contributed by atoms with Crippen LogP contribution in [0.4, 0.5) is 0 Å². The topological polar surface area (TPSA) is 171 Å². The number of thiol groups is 1. The van der Waals surface area contributed by atoms with Gasteiger partial charge in [-0.1, -0.05) is 13.8 Å². The first-order valence-corrected chi connectivity index (χ1v) is 8.29. The van der Waals surface area contributed by atoms with E-state index in [2.05, 4.69) is 28.6 Å². The molecule has 0 aromatic rings. The highest BCUT2D eigenvalue weighted by Crippen LogP contribution is 1.99. The molecule has 0 bridgehead atoms. The van der Waals surface area contributed by atoms with Gasteiger partial charge in [0, 0.05) is 5.75 Å². The number of aliphatic hydroxyl groups is 1. The standard InChI is InChI=1S/C14H26N4O6S/c1-6(2)10(15)13(22)17-8(4-19)12(21)16-7(3)11(20)18-9(5-25)14(23)24/h6-10,19,25H,4-5,15H2,1-3H3,(H,16,21)(H,17,22)(H,18,20)(H,23,24). The Morgan fingerprint density at radius 2 is 1.48 bits per heavy atom. The maximum atomic E-state index is 12.1. The molecule has 0 aliphatic heterocycles. The van der Waals surface area contributed by atoms with Crippen LogP contribution in [0, 0.1) is 5.92 Å². The average molecular weight is 378 g/mol. The van der Waals surface area contributed by atoms with E-state index in [1.54, 1.807) is 13.8 Å². The molecular weight excluding hydrogens is 352 g/mol. The highest BCUT2D eigenvalue weighted by atomic mass is 32.1. The number of hydrogen-bond acceptors (Lipinski definition) is 7. The SMILES string of the molecule is CC(NC(=O)C(CO)NC(=O)C(N)C(C)C)C(=O)NC(CS)C(=O)O. The van der Waals surface area contributed by atoms with E-state index in [0.717, 1.165) is 0 Å². The molecule has 0 aromatic carbocycles. The average Bonchev–Trinajstić information content (AvgIpc) is 2.55. The summed E-state index contributed by atoms with van der Waals surface area (Å²) in [5, 5.41) is 24.9. The normalized spacial score (nSPS) is 15.6. The van der Waals surface area contributed by atoms with Gasteiger partial charge in [0.2, 0.25) is 17.7 Å². The molecule has 4 unspecified atom stereocenters. The van der Waals surface area contributed by atoms with Crippen molar-refractivity contribution in [3.8, 4) is 0 Å². The molecule has 0 saturated carbocycles. The van der Waals surface area contributed by atoms with Gasteiger partial charge in [0.25, 0.3) is 0 Å². The molecule has 0 radical (unpaired) electrons. The fourth-order valence-corrected chi connectivity index (χ4v) is 1.87. The number of carbonyl (C=O) groups is 4. The summed E-state index contributed by atoms with van der Waals surface area (Å²) in [6.07, 6.45) is 0. The number of carboxylic acids is 1. The maximum absolute atomic E-state index is 12.1. The smallest absolute Gasteiger partial charge is 0.327 e. The van der Waals surface area contributed by atoms with E-state index in [-0.39, 0.29) is 11.7 Å². The zero-order chi connectivity index (χ0) is 19.7. The van der Waals surface area contributed by atoms with E-state index in [4.69, 9.17) is 10.8 Å². The number of aliphatic hydroxyl groups excluding tert-OH is 1. The summed E-state index contributed by atoms with van der Waals surface area (Å²) in [6, 6.07) is -4.42. The van der Waals surface area contributed by atoms with E-state index in [1.165, 1.54) is 6.92 Å². The summed E-state index contributed by atoms with van der Waals surface area (Å²) in [4.78, 5) is 46.7. The van der Waals surface area contributed by atoms with Crippen LogP contribution in [0.1, 0.15) is 20.8 Å². The number of nitrogens with two attached hydrogens (primary N) is 1. The third-order valence-corrected chi connectivity index (χ3v) is 3.75. The van der Waals surface area contributed by atoms with Crippen LogP contribution >= 0.6 is 12.6 Å². The Hall–Kier alpha value is -1.85. The number of rotatable bonds is 10. The summed E-state index contributed by atoms with van der Waals surface area (Å²) in [7, 11) is 0. The number of carbonyl (C=O) groups excluding carboxylic acids is 3. The minimum Gasteiger partial charge on any atom is -0.480 e. The van der Waals surface area contributed by atoms with Crippen molar-refractivity contribution in [1.82, 2.24) is 16.0 Å². The third kappa shape index (κ3) is 7.71. The van der Waals surface area contributed by atoms with Gasteiger partial charge in [-0.2, -0.15) is 12.6 Å². The lowest BCUT2D eigenvalue weighted by Gasteiger charge is -2.23. The molecule has 0 saturated heterocycles. The zero-order valence-electron chi connectivity index (χ0n) is 14.4. The van der Waals surface area contributed by atoms with Crippen molar-refractivity contribution in [2.45, 2.75) is 44.9 Å². The first kappa shape index (κ1) is 23.1. The molecule has 25 heavy (non-hydrogen) atoms. The van der Waals surface area contributed by atoms with Crippen molar-refractivity contribution in [2.75, 3.05) is 12.4 Å². The summed E-state index contributed by atoms with van der Waals surface area (Å²) in [6.45, 7) is 4.10. The van der Waals surface area contributed by atoms with Gasteiger partial charge in [-0.3, -0.25) is 14.4 Å². The summed E-state index contributed by atoms with van der Waals surface area (Å²) in [5.74, 6) is -3.69. The largest absolute Gasteiger partial charge is 0.480 e. The molecule has 3 amide bonds. The molecule has 0 fully saturated rings. The predicted octanol–water partition coefficient (Wildman–Crippen LogP) is -2.55. The van der Waals surface area contributed by atoms with E-state index in [1.807, 2.05) is 0 Å². The van der Waals surface area contributed by atoms with Crippen LogP contribution in [0.15, 0.2) is 0 Å². The number of nitrogens with one attached hydrogen (secondary N) is 3. The zero-order valence-corrected chi connectivity index (χ0v) is 15.2. The Balaban J connectivity index is 4.73. The monoisotopic (exact) mass is 378 g/mol. The van der Waals surface area contributed by atoms with Crippen LogP contribution in [-0.4, -0.2) is 70.4 Å². The second-order valence-corrected chi connectivity index (χ2v) is 6.19. The molecule has 7 N–H and O–H groups in total. The molecule has 0 aliphatic carbocycles. The van der Waals surface area contributed by atoms with Crippen molar-refractivity contribution in [2.24, 2.45) is 11.7 Å². The van der Waals surface area contributed by atoms with Gasteiger partial charge in [0.05, 0.1) is 12.6 Å². The molecule has 0 aromatic heterocycles. The van der Waals surface area contributed by atoms with E-state index < -0.39 is 54.5 Å². The van der Waals surface area contributed by atoms with Gasteiger partial charge < -0.3 is 31.9 Å². The second kappa shape index (κ2) is 10.9. The number of hydrogen-bond donors (Lipinski definition) is 7. The first-order chi connectivity index (χ1) is 11.5. The number of aliphatic carboxylic acids is 1. The molecule has 0 heterocycles.